The molecular formula is C19H26N4O4S2. The molecule has 0 aromatic heterocycles. The van der Waals surface area contributed by atoms with E-state index in [4.69, 9.17) is 4.74 Å². The summed E-state index contributed by atoms with van der Waals surface area (Å²) >= 11 is 1.47. The molecule has 2 fully saturated rings. The van der Waals surface area contributed by atoms with Crippen molar-refractivity contribution in [3.8, 4) is 0 Å². The van der Waals surface area contributed by atoms with Gasteiger partial charge in [-0.15, -0.1) is 0 Å². The zero-order valence-electron chi connectivity index (χ0n) is 16.2. The molecule has 29 heavy (non-hydrogen) atoms. The van der Waals surface area contributed by atoms with Gasteiger partial charge in [0.05, 0.1) is 30.8 Å². The highest BCUT2D eigenvalue weighted by Crippen LogP contribution is 2.34. The van der Waals surface area contributed by atoms with Crippen LogP contribution in [0.3, 0.4) is 0 Å². The summed E-state index contributed by atoms with van der Waals surface area (Å²) < 4.78 is 28.7. The second-order valence-corrected chi connectivity index (χ2v) is 10.9. The van der Waals surface area contributed by atoms with Gasteiger partial charge in [-0.1, -0.05) is 17.8 Å². The first-order valence-corrected chi connectivity index (χ1v) is 12.6. The second kappa shape index (κ2) is 9.03. The predicted molar refractivity (Wildman–Crippen MR) is 116 cm³/mol. The fourth-order valence-electron chi connectivity index (χ4n) is 3.71. The number of carbonyl (C=O) groups excluding carboxylic acids is 1. The number of ether oxygens (including phenoxy) is 1. The SMILES string of the molecule is O=C(NCCCN1CCOCC1)c1cccc(NC2=NC3CS(=O)(=O)CC3S2)c1. The third-order valence-corrected chi connectivity index (χ3v) is 8.38. The van der Waals surface area contributed by atoms with E-state index in [1.807, 2.05) is 12.1 Å². The number of nitrogens with zero attached hydrogens (tertiary/aromatic N) is 2. The van der Waals surface area contributed by atoms with Crippen LogP contribution in [-0.4, -0.2) is 86.6 Å². The number of carbonyl (C=O) groups is 1. The fraction of sp³-hybridized carbons (Fsp3) is 0.579. The number of amides is 1. The Morgan fingerprint density at radius 1 is 1.28 bits per heavy atom. The molecule has 2 saturated heterocycles. The van der Waals surface area contributed by atoms with E-state index in [-0.39, 0.29) is 28.7 Å². The number of hydrogen-bond donors (Lipinski definition) is 2. The average Bonchev–Trinajstić information content (AvgIpc) is 3.18. The zero-order chi connectivity index (χ0) is 20.3. The largest absolute Gasteiger partial charge is 0.379 e. The molecule has 0 aliphatic carbocycles. The van der Waals surface area contributed by atoms with Crippen LogP contribution in [0.2, 0.25) is 0 Å². The summed E-state index contributed by atoms with van der Waals surface area (Å²) in [5.41, 5.74) is 1.37. The zero-order valence-corrected chi connectivity index (χ0v) is 17.8. The van der Waals surface area contributed by atoms with Gasteiger partial charge in [0, 0.05) is 36.1 Å². The minimum atomic E-state index is -2.96. The van der Waals surface area contributed by atoms with E-state index in [2.05, 4.69) is 20.5 Å². The molecule has 2 unspecified atom stereocenters. The Balaban J connectivity index is 1.25. The average molecular weight is 439 g/mol. The van der Waals surface area contributed by atoms with Gasteiger partial charge in [0.2, 0.25) is 0 Å². The van der Waals surface area contributed by atoms with Crippen molar-refractivity contribution in [1.29, 1.82) is 0 Å². The minimum Gasteiger partial charge on any atom is -0.379 e. The number of sulfone groups is 1. The Kier molecular flexibility index (Phi) is 6.43. The van der Waals surface area contributed by atoms with Crippen molar-refractivity contribution in [2.24, 2.45) is 4.99 Å². The lowest BCUT2D eigenvalue weighted by Gasteiger charge is -2.26. The number of thioether (sulfide) groups is 1. The van der Waals surface area contributed by atoms with Crippen molar-refractivity contribution in [2.45, 2.75) is 17.7 Å². The van der Waals surface area contributed by atoms with Crippen molar-refractivity contribution in [2.75, 3.05) is 56.2 Å². The number of amidine groups is 1. The standard InChI is InChI=1S/C19H26N4O4S2/c24-18(20-5-2-6-23-7-9-27-10-8-23)14-3-1-4-15(11-14)21-19-22-16-12-29(25,26)13-17(16)28-19/h1,3-4,11,16-17H,2,5-10,12-13H2,(H,20,24)(H,21,22). The van der Waals surface area contributed by atoms with Crippen LogP contribution in [0.25, 0.3) is 0 Å². The Morgan fingerprint density at radius 2 is 2.10 bits per heavy atom. The molecule has 8 nitrogen and oxygen atoms in total. The number of benzene rings is 1. The van der Waals surface area contributed by atoms with Crippen LogP contribution in [0.15, 0.2) is 29.3 Å². The van der Waals surface area contributed by atoms with Crippen molar-refractivity contribution in [3.63, 3.8) is 0 Å². The lowest BCUT2D eigenvalue weighted by molar-refractivity contribution is 0.0374. The number of aliphatic imine (C=N–C) groups is 1. The summed E-state index contributed by atoms with van der Waals surface area (Å²) in [4.78, 5) is 19.3. The highest BCUT2D eigenvalue weighted by Gasteiger charge is 2.42. The molecule has 0 saturated carbocycles. The number of nitrogens with one attached hydrogen (secondary N) is 2. The predicted octanol–water partition coefficient (Wildman–Crippen LogP) is 0.819. The molecule has 1 amide bonds. The van der Waals surface area contributed by atoms with Gasteiger partial charge in [0.25, 0.3) is 5.91 Å². The molecular weight excluding hydrogens is 412 g/mol. The van der Waals surface area contributed by atoms with Gasteiger partial charge in [-0.05, 0) is 31.2 Å². The van der Waals surface area contributed by atoms with Gasteiger partial charge in [-0.2, -0.15) is 0 Å². The molecule has 1 aromatic carbocycles. The van der Waals surface area contributed by atoms with Gasteiger partial charge in [0.1, 0.15) is 0 Å². The molecule has 0 spiro atoms. The van der Waals surface area contributed by atoms with Crippen LogP contribution >= 0.6 is 11.8 Å². The van der Waals surface area contributed by atoms with E-state index in [0.717, 1.165) is 50.1 Å². The van der Waals surface area contributed by atoms with Gasteiger partial charge < -0.3 is 15.4 Å². The second-order valence-electron chi connectivity index (χ2n) is 7.50. The van der Waals surface area contributed by atoms with Crippen LogP contribution in [-0.2, 0) is 14.6 Å². The fourth-order valence-corrected chi connectivity index (χ4v) is 7.39. The van der Waals surface area contributed by atoms with Gasteiger partial charge in [-0.25, -0.2) is 8.42 Å². The lowest BCUT2D eigenvalue weighted by atomic mass is 10.2. The van der Waals surface area contributed by atoms with Crippen LogP contribution < -0.4 is 10.6 Å². The van der Waals surface area contributed by atoms with Crippen molar-refractivity contribution in [3.05, 3.63) is 29.8 Å². The quantitative estimate of drug-likeness (QED) is 0.634. The van der Waals surface area contributed by atoms with Gasteiger partial charge >= 0.3 is 0 Å². The van der Waals surface area contributed by atoms with Crippen LogP contribution in [0, 0.1) is 0 Å². The molecule has 10 heteroatoms. The summed E-state index contributed by atoms with van der Waals surface area (Å²) in [7, 11) is -2.96. The van der Waals surface area contributed by atoms with E-state index in [1.165, 1.54) is 11.8 Å². The molecule has 4 rings (SSSR count). The normalized spacial score (nSPS) is 26.0. The van der Waals surface area contributed by atoms with E-state index in [9.17, 15) is 13.2 Å². The first-order valence-electron chi connectivity index (χ1n) is 9.89. The Morgan fingerprint density at radius 3 is 2.90 bits per heavy atom. The summed E-state index contributed by atoms with van der Waals surface area (Å²) in [6, 6.07) is 7.13. The molecule has 0 bridgehead atoms. The van der Waals surface area contributed by atoms with E-state index < -0.39 is 9.84 Å². The highest BCUT2D eigenvalue weighted by molar-refractivity contribution is 8.15. The van der Waals surface area contributed by atoms with Crippen molar-refractivity contribution >= 4 is 38.4 Å². The van der Waals surface area contributed by atoms with Crippen LogP contribution in [0.1, 0.15) is 16.8 Å². The number of morpholine rings is 1. The molecule has 0 radical (unpaired) electrons. The van der Waals surface area contributed by atoms with Crippen molar-refractivity contribution in [1.82, 2.24) is 10.2 Å². The van der Waals surface area contributed by atoms with Gasteiger partial charge in [-0.3, -0.25) is 14.7 Å². The molecule has 3 heterocycles. The maximum absolute atomic E-state index is 12.4. The topological polar surface area (TPSA) is 100 Å². The Labute approximate surface area is 175 Å². The first-order chi connectivity index (χ1) is 14.0. The number of hydrogen-bond acceptors (Lipinski definition) is 8. The smallest absolute Gasteiger partial charge is 0.251 e. The third-order valence-electron chi connectivity index (χ3n) is 5.23. The van der Waals surface area contributed by atoms with E-state index >= 15 is 0 Å². The molecule has 2 atom stereocenters. The summed E-state index contributed by atoms with van der Waals surface area (Å²) in [5.74, 6) is 0.215. The maximum Gasteiger partial charge on any atom is 0.251 e. The van der Waals surface area contributed by atoms with Gasteiger partial charge in [0.15, 0.2) is 15.0 Å². The number of fused-ring (bicyclic) bond motifs is 1. The summed E-state index contributed by atoms with van der Waals surface area (Å²) in [6.07, 6.45) is 0.906. The molecule has 158 valence electrons. The summed E-state index contributed by atoms with van der Waals surface area (Å²) in [6.45, 7) is 5.07. The molecule has 1 aromatic rings. The molecule has 3 aliphatic heterocycles. The monoisotopic (exact) mass is 438 g/mol. The van der Waals surface area contributed by atoms with Crippen LogP contribution in [0.5, 0.6) is 0 Å². The summed E-state index contributed by atoms with van der Waals surface area (Å²) in [5, 5.41) is 6.92. The minimum absolute atomic E-state index is 0.000415. The van der Waals surface area contributed by atoms with E-state index in [0.29, 0.717) is 12.1 Å². The first kappa shape index (κ1) is 20.6. The maximum atomic E-state index is 12.4. The van der Waals surface area contributed by atoms with Crippen LogP contribution in [0.4, 0.5) is 5.69 Å². The molecule has 3 aliphatic rings. The Bertz CT molecular complexity index is 884. The van der Waals surface area contributed by atoms with Crippen molar-refractivity contribution < 1.29 is 17.9 Å². The van der Waals surface area contributed by atoms with E-state index in [1.54, 1.807) is 12.1 Å². The molecule has 2 N–H and O–H groups in total. The Hall–Kier alpha value is -1.62. The lowest BCUT2D eigenvalue weighted by Crippen LogP contribution is -2.38. The number of anilines is 1. The third kappa shape index (κ3) is 5.50. The number of rotatable bonds is 6. The highest BCUT2D eigenvalue weighted by atomic mass is 32.2.